The Morgan fingerprint density at radius 2 is 2.36 bits per heavy atom. The fourth-order valence-electron chi connectivity index (χ4n) is 0.618. The highest BCUT2D eigenvalue weighted by atomic mass is 35.7. The molecule has 1 aromatic heterocycles. The molecule has 1 aromatic rings. The second kappa shape index (κ2) is 2.78. The number of aromatic nitrogens is 3. The van der Waals surface area contributed by atoms with E-state index in [9.17, 15) is 8.42 Å². The van der Waals surface area contributed by atoms with Crippen molar-refractivity contribution >= 4 is 19.7 Å². The van der Waals surface area contributed by atoms with Gasteiger partial charge in [-0.15, -0.1) is 5.10 Å². The van der Waals surface area contributed by atoms with Crippen LogP contribution in [0, 0.1) is 0 Å². The smallest absolute Gasteiger partial charge is 0.238 e. The van der Waals surface area contributed by atoms with E-state index in [0.717, 1.165) is 0 Å². The maximum atomic E-state index is 10.5. The van der Waals surface area contributed by atoms with E-state index in [2.05, 4.69) is 10.3 Å². The molecule has 62 valence electrons. The first-order chi connectivity index (χ1) is 4.99. The van der Waals surface area contributed by atoms with E-state index < -0.39 is 9.05 Å². The molecule has 1 rings (SSSR count). The highest BCUT2D eigenvalue weighted by Gasteiger charge is 2.10. The summed E-state index contributed by atoms with van der Waals surface area (Å²) < 4.78 is 22.5. The van der Waals surface area contributed by atoms with Crippen LogP contribution in [0.15, 0.2) is 6.20 Å². The number of nitrogens with zero attached hydrogens (tertiary/aromatic N) is 3. The zero-order chi connectivity index (χ0) is 8.48. The molecule has 7 heteroatoms. The minimum absolute atomic E-state index is 0.238. The quantitative estimate of drug-likeness (QED) is 0.618. The molecule has 0 aliphatic rings. The highest BCUT2D eigenvalue weighted by Crippen LogP contribution is 2.06. The SMILES string of the molecule is Cn1nncc1CS(=O)(=O)Cl. The minimum Gasteiger partial charge on any atom is -0.251 e. The van der Waals surface area contributed by atoms with Gasteiger partial charge in [-0.1, -0.05) is 5.21 Å². The van der Waals surface area contributed by atoms with Gasteiger partial charge in [-0.05, 0) is 0 Å². The van der Waals surface area contributed by atoms with Crippen LogP contribution in [0.25, 0.3) is 0 Å². The lowest BCUT2D eigenvalue weighted by atomic mass is 10.5. The highest BCUT2D eigenvalue weighted by molar-refractivity contribution is 8.13. The molecule has 11 heavy (non-hydrogen) atoms. The monoisotopic (exact) mass is 195 g/mol. The Hall–Kier alpha value is -0.620. The molecule has 5 nitrogen and oxygen atoms in total. The molecule has 0 aromatic carbocycles. The third kappa shape index (κ3) is 2.47. The summed E-state index contributed by atoms with van der Waals surface area (Å²) >= 11 is 0. The lowest BCUT2D eigenvalue weighted by Gasteiger charge is -1.94. The van der Waals surface area contributed by atoms with Crippen molar-refractivity contribution in [3.05, 3.63) is 11.9 Å². The zero-order valence-corrected chi connectivity index (χ0v) is 7.30. The van der Waals surface area contributed by atoms with E-state index >= 15 is 0 Å². The summed E-state index contributed by atoms with van der Waals surface area (Å²) in [5, 5.41) is 7.04. The Kier molecular flexibility index (Phi) is 2.15. The lowest BCUT2D eigenvalue weighted by Crippen LogP contribution is -2.02. The van der Waals surface area contributed by atoms with Gasteiger partial charge in [-0.25, -0.2) is 8.42 Å². The fourth-order valence-corrected chi connectivity index (χ4v) is 1.57. The van der Waals surface area contributed by atoms with E-state index in [4.69, 9.17) is 10.7 Å². The number of hydrogen-bond donors (Lipinski definition) is 0. The first-order valence-corrected chi connectivity index (χ1v) is 5.23. The fraction of sp³-hybridized carbons (Fsp3) is 0.500. The minimum atomic E-state index is -3.50. The Morgan fingerprint density at radius 3 is 2.73 bits per heavy atom. The molecule has 0 amide bonds. The van der Waals surface area contributed by atoms with Gasteiger partial charge in [0.15, 0.2) is 0 Å². The summed E-state index contributed by atoms with van der Waals surface area (Å²) in [5.41, 5.74) is 0.472. The maximum absolute atomic E-state index is 10.5. The Morgan fingerprint density at radius 1 is 1.73 bits per heavy atom. The molecule has 1 heterocycles. The summed E-state index contributed by atoms with van der Waals surface area (Å²) in [6.07, 6.45) is 1.36. The summed E-state index contributed by atoms with van der Waals surface area (Å²) in [5.74, 6) is -0.238. The van der Waals surface area contributed by atoms with Gasteiger partial charge in [0.2, 0.25) is 9.05 Å². The third-order valence-corrected chi connectivity index (χ3v) is 2.10. The van der Waals surface area contributed by atoms with Crippen LogP contribution in [0.2, 0.25) is 0 Å². The third-order valence-electron chi connectivity index (χ3n) is 1.13. The molecule has 0 atom stereocenters. The number of halogens is 1. The van der Waals surface area contributed by atoms with Gasteiger partial charge >= 0.3 is 0 Å². The van der Waals surface area contributed by atoms with Crippen LogP contribution >= 0.6 is 10.7 Å². The van der Waals surface area contributed by atoms with Crippen molar-refractivity contribution in [1.82, 2.24) is 15.0 Å². The van der Waals surface area contributed by atoms with Crippen molar-refractivity contribution in [2.75, 3.05) is 0 Å². The van der Waals surface area contributed by atoms with Crippen LogP contribution in [0.3, 0.4) is 0 Å². The van der Waals surface area contributed by atoms with E-state index in [1.807, 2.05) is 0 Å². The Bertz CT molecular complexity index is 344. The molecule has 0 aliphatic carbocycles. The molecule has 0 spiro atoms. The first kappa shape index (κ1) is 8.48. The van der Waals surface area contributed by atoms with Gasteiger partial charge in [0.05, 0.1) is 11.9 Å². The Balaban J connectivity index is 2.89. The molecule has 0 radical (unpaired) electrons. The summed E-state index contributed by atoms with van der Waals surface area (Å²) in [4.78, 5) is 0. The van der Waals surface area contributed by atoms with E-state index in [0.29, 0.717) is 5.69 Å². The molecule has 0 bridgehead atoms. The van der Waals surface area contributed by atoms with Gasteiger partial charge in [-0.3, -0.25) is 4.68 Å². The number of rotatable bonds is 2. The van der Waals surface area contributed by atoms with Crippen molar-refractivity contribution < 1.29 is 8.42 Å². The van der Waals surface area contributed by atoms with Crippen molar-refractivity contribution in [1.29, 1.82) is 0 Å². The molecule has 0 aliphatic heterocycles. The van der Waals surface area contributed by atoms with E-state index in [1.165, 1.54) is 10.9 Å². The normalized spacial score (nSPS) is 11.8. The molecule has 0 saturated carbocycles. The molecule has 0 fully saturated rings. The summed E-state index contributed by atoms with van der Waals surface area (Å²) in [6.45, 7) is 0. The first-order valence-electron chi connectivity index (χ1n) is 2.75. The van der Waals surface area contributed by atoms with Gasteiger partial charge < -0.3 is 0 Å². The van der Waals surface area contributed by atoms with Crippen LogP contribution in [-0.2, 0) is 21.9 Å². The molecule has 0 unspecified atom stereocenters. The van der Waals surface area contributed by atoms with Gasteiger partial charge in [0.1, 0.15) is 5.75 Å². The van der Waals surface area contributed by atoms with Crippen LogP contribution < -0.4 is 0 Å². The standard InChI is InChI=1S/C4H6ClN3O2S/c1-8-4(2-6-7-8)3-11(5,9)10/h2H,3H2,1H3. The van der Waals surface area contributed by atoms with Crippen molar-refractivity contribution in [2.24, 2.45) is 7.05 Å². The predicted octanol–water partition coefficient (Wildman–Crippen LogP) is -0.116. The summed E-state index contributed by atoms with van der Waals surface area (Å²) in [6, 6.07) is 0. The maximum Gasteiger partial charge on any atom is 0.238 e. The molecule has 0 saturated heterocycles. The number of aryl methyl sites for hydroxylation is 1. The van der Waals surface area contributed by atoms with E-state index in [-0.39, 0.29) is 5.75 Å². The topological polar surface area (TPSA) is 64.8 Å². The average Bonchev–Trinajstić information content (AvgIpc) is 2.12. The van der Waals surface area contributed by atoms with Crippen molar-refractivity contribution in [3.8, 4) is 0 Å². The van der Waals surface area contributed by atoms with E-state index in [1.54, 1.807) is 7.05 Å². The van der Waals surface area contributed by atoms with Gasteiger partial charge in [0, 0.05) is 17.7 Å². The average molecular weight is 196 g/mol. The lowest BCUT2D eigenvalue weighted by molar-refractivity contribution is 0.604. The van der Waals surface area contributed by atoms with Crippen molar-refractivity contribution in [3.63, 3.8) is 0 Å². The van der Waals surface area contributed by atoms with Crippen LogP contribution in [-0.4, -0.2) is 23.4 Å². The van der Waals surface area contributed by atoms with Crippen LogP contribution in [0.1, 0.15) is 5.69 Å². The molecular weight excluding hydrogens is 190 g/mol. The number of hydrogen-bond acceptors (Lipinski definition) is 4. The molecular formula is C4H6ClN3O2S. The van der Waals surface area contributed by atoms with Gasteiger partial charge in [0.25, 0.3) is 0 Å². The summed E-state index contributed by atoms with van der Waals surface area (Å²) in [7, 11) is 3.10. The van der Waals surface area contributed by atoms with Crippen LogP contribution in [0.4, 0.5) is 0 Å². The largest absolute Gasteiger partial charge is 0.251 e. The predicted molar refractivity (Wildman–Crippen MR) is 39.5 cm³/mol. The van der Waals surface area contributed by atoms with Crippen LogP contribution in [0.5, 0.6) is 0 Å². The van der Waals surface area contributed by atoms with Gasteiger partial charge in [-0.2, -0.15) is 0 Å². The zero-order valence-electron chi connectivity index (χ0n) is 5.73. The second-order valence-electron chi connectivity index (χ2n) is 2.03. The Labute approximate surface area is 68.4 Å². The second-order valence-corrected chi connectivity index (χ2v) is 4.81. The van der Waals surface area contributed by atoms with Crippen molar-refractivity contribution in [2.45, 2.75) is 5.75 Å². The molecule has 0 N–H and O–H groups in total.